The van der Waals surface area contributed by atoms with Crippen LogP contribution in [0.4, 0.5) is 0 Å². The summed E-state index contributed by atoms with van der Waals surface area (Å²) >= 11 is 3.39. The summed E-state index contributed by atoms with van der Waals surface area (Å²) < 4.78 is 6.36. The Morgan fingerprint density at radius 1 is 1.41 bits per heavy atom. The Balaban J connectivity index is 2.19. The molecule has 0 unspecified atom stereocenters. The number of halogens is 1. The van der Waals surface area contributed by atoms with Crippen LogP contribution in [0.15, 0.2) is 33.2 Å². The van der Waals surface area contributed by atoms with Gasteiger partial charge in [-0.05, 0) is 35.1 Å². The number of likely N-dealkylation sites (N-methyl/N-ethyl adjacent to an activating group) is 1. The van der Waals surface area contributed by atoms with Crippen molar-refractivity contribution in [3.63, 3.8) is 0 Å². The summed E-state index contributed by atoms with van der Waals surface area (Å²) in [4.78, 5) is 11.8. The molecule has 0 saturated carbocycles. The Kier molecular flexibility index (Phi) is 3.81. The van der Waals surface area contributed by atoms with E-state index in [1.807, 2.05) is 25.2 Å². The van der Waals surface area contributed by atoms with E-state index < -0.39 is 0 Å². The predicted molar refractivity (Wildman–Crippen MR) is 70.2 cm³/mol. The molecule has 0 bridgehead atoms. The van der Waals surface area contributed by atoms with Crippen LogP contribution in [0.2, 0.25) is 0 Å². The standard InChI is InChI=1S/C12H13BrN2O2/c1-14-5-6-15-12(16)10-7-8-3-2-4-9(13)11(8)17-10/h2-4,7,14H,5-6H2,1H3,(H,15,16). The van der Waals surface area contributed by atoms with Crippen molar-refractivity contribution in [3.8, 4) is 0 Å². The lowest BCUT2D eigenvalue weighted by Crippen LogP contribution is -2.30. The Morgan fingerprint density at radius 2 is 2.24 bits per heavy atom. The number of nitrogens with one attached hydrogen (secondary N) is 2. The van der Waals surface area contributed by atoms with Crippen LogP contribution >= 0.6 is 15.9 Å². The van der Waals surface area contributed by atoms with Gasteiger partial charge in [0.1, 0.15) is 5.58 Å². The molecule has 0 saturated heterocycles. The first-order valence-corrected chi connectivity index (χ1v) is 6.12. The fourth-order valence-corrected chi connectivity index (χ4v) is 1.99. The topological polar surface area (TPSA) is 54.3 Å². The zero-order valence-electron chi connectivity index (χ0n) is 9.42. The number of fused-ring (bicyclic) bond motifs is 1. The zero-order chi connectivity index (χ0) is 12.3. The second kappa shape index (κ2) is 5.33. The number of hydrogen-bond acceptors (Lipinski definition) is 3. The van der Waals surface area contributed by atoms with E-state index in [1.54, 1.807) is 6.07 Å². The Bertz CT molecular complexity index is 536. The molecule has 0 atom stereocenters. The monoisotopic (exact) mass is 296 g/mol. The molecule has 17 heavy (non-hydrogen) atoms. The van der Waals surface area contributed by atoms with Crippen molar-refractivity contribution >= 4 is 32.8 Å². The number of carbonyl (C=O) groups is 1. The summed E-state index contributed by atoms with van der Waals surface area (Å²) in [5, 5.41) is 6.64. The number of furan rings is 1. The average molecular weight is 297 g/mol. The largest absolute Gasteiger partial charge is 0.450 e. The lowest BCUT2D eigenvalue weighted by molar-refractivity contribution is 0.0928. The number of hydrogen-bond donors (Lipinski definition) is 2. The van der Waals surface area contributed by atoms with Gasteiger partial charge in [0.05, 0.1) is 4.47 Å². The normalized spacial score (nSPS) is 10.7. The summed E-state index contributed by atoms with van der Waals surface area (Å²) in [7, 11) is 1.84. The van der Waals surface area contributed by atoms with E-state index in [1.165, 1.54) is 0 Å². The predicted octanol–water partition coefficient (Wildman–Crippen LogP) is 2.14. The molecular formula is C12H13BrN2O2. The maximum Gasteiger partial charge on any atom is 0.287 e. The first-order chi connectivity index (χ1) is 8.22. The maximum atomic E-state index is 11.8. The van der Waals surface area contributed by atoms with Gasteiger partial charge in [0.15, 0.2) is 5.76 Å². The van der Waals surface area contributed by atoms with Crippen LogP contribution in [0, 0.1) is 0 Å². The third kappa shape index (κ3) is 2.68. The summed E-state index contributed by atoms with van der Waals surface area (Å²) in [6, 6.07) is 7.45. The van der Waals surface area contributed by atoms with E-state index in [9.17, 15) is 4.79 Å². The molecule has 1 heterocycles. The van der Waals surface area contributed by atoms with E-state index in [-0.39, 0.29) is 5.91 Å². The summed E-state index contributed by atoms with van der Waals surface area (Å²) in [6.07, 6.45) is 0. The third-order valence-electron chi connectivity index (χ3n) is 2.38. The van der Waals surface area contributed by atoms with E-state index >= 15 is 0 Å². The van der Waals surface area contributed by atoms with Gasteiger partial charge in [0.2, 0.25) is 0 Å². The van der Waals surface area contributed by atoms with Crippen molar-refractivity contribution in [3.05, 3.63) is 34.5 Å². The lowest BCUT2D eigenvalue weighted by atomic mass is 10.2. The van der Waals surface area contributed by atoms with Crippen LogP contribution in [0.25, 0.3) is 11.0 Å². The highest BCUT2D eigenvalue weighted by Crippen LogP contribution is 2.26. The number of amides is 1. The highest BCUT2D eigenvalue weighted by Gasteiger charge is 2.12. The van der Waals surface area contributed by atoms with Crippen LogP contribution in [-0.2, 0) is 0 Å². The molecule has 1 aromatic carbocycles. The van der Waals surface area contributed by atoms with Crippen LogP contribution < -0.4 is 10.6 Å². The van der Waals surface area contributed by atoms with E-state index in [0.29, 0.717) is 17.9 Å². The van der Waals surface area contributed by atoms with E-state index in [2.05, 4.69) is 26.6 Å². The molecule has 2 N–H and O–H groups in total. The SMILES string of the molecule is CNCCNC(=O)c1cc2cccc(Br)c2o1. The lowest BCUT2D eigenvalue weighted by Gasteiger charge is -2.01. The van der Waals surface area contributed by atoms with Crippen molar-refractivity contribution in [2.75, 3.05) is 20.1 Å². The molecule has 2 rings (SSSR count). The van der Waals surface area contributed by atoms with Gasteiger partial charge in [-0.2, -0.15) is 0 Å². The Labute approximate surface area is 107 Å². The molecule has 0 aliphatic rings. The minimum absolute atomic E-state index is 0.191. The summed E-state index contributed by atoms with van der Waals surface area (Å²) in [5.74, 6) is 0.145. The molecule has 0 aliphatic heterocycles. The molecule has 1 aromatic heterocycles. The van der Waals surface area contributed by atoms with Crippen molar-refractivity contribution in [1.82, 2.24) is 10.6 Å². The minimum atomic E-state index is -0.191. The van der Waals surface area contributed by atoms with Crippen molar-refractivity contribution in [1.29, 1.82) is 0 Å². The summed E-state index contributed by atoms with van der Waals surface area (Å²) in [6.45, 7) is 1.31. The fourth-order valence-electron chi connectivity index (χ4n) is 1.53. The van der Waals surface area contributed by atoms with Crippen LogP contribution in [-0.4, -0.2) is 26.0 Å². The summed E-state index contributed by atoms with van der Waals surface area (Å²) in [5.41, 5.74) is 0.700. The number of benzene rings is 1. The van der Waals surface area contributed by atoms with Gasteiger partial charge in [-0.3, -0.25) is 4.79 Å². The second-order valence-electron chi connectivity index (χ2n) is 3.63. The van der Waals surface area contributed by atoms with Crippen molar-refractivity contribution in [2.45, 2.75) is 0 Å². The Hall–Kier alpha value is -1.33. The van der Waals surface area contributed by atoms with E-state index in [4.69, 9.17) is 4.42 Å². The second-order valence-corrected chi connectivity index (χ2v) is 4.48. The number of rotatable bonds is 4. The first kappa shape index (κ1) is 12.1. The molecule has 4 nitrogen and oxygen atoms in total. The zero-order valence-corrected chi connectivity index (χ0v) is 11.0. The Morgan fingerprint density at radius 3 is 2.94 bits per heavy atom. The van der Waals surface area contributed by atoms with Gasteiger partial charge in [0.25, 0.3) is 5.91 Å². The van der Waals surface area contributed by atoms with Gasteiger partial charge in [-0.15, -0.1) is 0 Å². The van der Waals surface area contributed by atoms with Crippen molar-refractivity contribution in [2.24, 2.45) is 0 Å². The quantitative estimate of drug-likeness (QED) is 0.850. The highest BCUT2D eigenvalue weighted by atomic mass is 79.9. The molecule has 1 amide bonds. The third-order valence-corrected chi connectivity index (χ3v) is 3.00. The molecule has 5 heteroatoms. The molecule has 0 fully saturated rings. The molecular weight excluding hydrogens is 284 g/mol. The van der Waals surface area contributed by atoms with Gasteiger partial charge in [-0.25, -0.2) is 0 Å². The van der Waals surface area contributed by atoms with Crippen molar-refractivity contribution < 1.29 is 9.21 Å². The number of carbonyl (C=O) groups excluding carboxylic acids is 1. The molecule has 0 aliphatic carbocycles. The minimum Gasteiger partial charge on any atom is -0.450 e. The maximum absolute atomic E-state index is 11.8. The molecule has 2 aromatic rings. The van der Waals surface area contributed by atoms with Gasteiger partial charge in [-0.1, -0.05) is 12.1 Å². The van der Waals surface area contributed by atoms with Crippen LogP contribution in [0.5, 0.6) is 0 Å². The smallest absolute Gasteiger partial charge is 0.287 e. The molecule has 0 radical (unpaired) electrons. The average Bonchev–Trinajstić information content (AvgIpc) is 2.75. The molecule has 90 valence electrons. The van der Waals surface area contributed by atoms with Gasteiger partial charge in [0, 0.05) is 18.5 Å². The fraction of sp³-hybridized carbons (Fsp3) is 0.250. The van der Waals surface area contributed by atoms with E-state index in [0.717, 1.165) is 16.4 Å². The van der Waals surface area contributed by atoms with Gasteiger partial charge < -0.3 is 15.1 Å². The van der Waals surface area contributed by atoms with Gasteiger partial charge >= 0.3 is 0 Å². The van der Waals surface area contributed by atoms with Crippen LogP contribution in [0.1, 0.15) is 10.6 Å². The van der Waals surface area contributed by atoms with Crippen LogP contribution in [0.3, 0.4) is 0 Å². The highest BCUT2D eigenvalue weighted by molar-refractivity contribution is 9.10. The molecule has 0 spiro atoms. The first-order valence-electron chi connectivity index (χ1n) is 5.33. The number of para-hydroxylation sites is 1.